The number of rotatable bonds is 9. The van der Waals surface area contributed by atoms with Gasteiger partial charge >= 0.3 is 0 Å². The highest BCUT2D eigenvalue weighted by atomic mass is 31.1. The van der Waals surface area contributed by atoms with E-state index in [1.54, 1.807) is 0 Å². The molecular formula is C24H27O5P. The van der Waals surface area contributed by atoms with Crippen LogP contribution in [0, 0.1) is 0 Å². The summed E-state index contributed by atoms with van der Waals surface area (Å²) in [5.41, 5.74) is 0.791. The van der Waals surface area contributed by atoms with Crippen molar-refractivity contribution in [3.05, 3.63) is 78.4 Å². The molecule has 3 rings (SSSR count). The van der Waals surface area contributed by atoms with Crippen LogP contribution in [0.2, 0.25) is 0 Å². The molecule has 5 nitrogen and oxygen atoms in total. The number of methoxy groups -OCH3 is 3. The predicted octanol–water partition coefficient (Wildman–Crippen LogP) is 3.94. The number of hydrogen-bond donors (Lipinski definition) is 2. The van der Waals surface area contributed by atoms with E-state index in [9.17, 15) is 10.2 Å². The van der Waals surface area contributed by atoms with Crippen LogP contribution in [-0.4, -0.2) is 37.8 Å². The highest BCUT2D eigenvalue weighted by molar-refractivity contribution is 7.73. The molecule has 3 aromatic rings. The predicted molar refractivity (Wildman–Crippen MR) is 121 cm³/mol. The molecule has 2 atom stereocenters. The molecule has 0 fully saturated rings. The molecule has 0 aliphatic rings. The molecule has 30 heavy (non-hydrogen) atoms. The fourth-order valence-electron chi connectivity index (χ4n) is 3.47. The summed E-state index contributed by atoms with van der Waals surface area (Å²) in [6, 6.07) is 24.1. The van der Waals surface area contributed by atoms with Crippen LogP contribution in [0.25, 0.3) is 0 Å². The van der Waals surface area contributed by atoms with Gasteiger partial charge in [0, 0.05) is 19.2 Å². The van der Waals surface area contributed by atoms with Gasteiger partial charge < -0.3 is 24.4 Å². The molecule has 6 heteroatoms. The number of aliphatic hydroxyl groups excluding tert-OH is 1. The van der Waals surface area contributed by atoms with Crippen LogP contribution >= 0.6 is 7.92 Å². The Labute approximate surface area is 178 Å². The van der Waals surface area contributed by atoms with Crippen LogP contribution in [0.1, 0.15) is 17.6 Å². The molecule has 0 aromatic heterocycles. The van der Waals surface area contributed by atoms with Gasteiger partial charge in [-0.25, -0.2) is 0 Å². The molecule has 158 valence electrons. The topological polar surface area (TPSA) is 68.2 Å². The van der Waals surface area contributed by atoms with Crippen LogP contribution in [-0.2, 0) is 4.74 Å². The van der Waals surface area contributed by atoms with Crippen molar-refractivity contribution < 1.29 is 24.4 Å². The van der Waals surface area contributed by atoms with Gasteiger partial charge in [-0.2, -0.15) is 0 Å². The number of aliphatic hydroxyl groups is 1. The Morgan fingerprint density at radius 3 is 1.67 bits per heavy atom. The Hall–Kier alpha value is -2.59. The molecule has 0 aliphatic heterocycles. The van der Waals surface area contributed by atoms with Crippen molar-refractivity contribution in [3.8, 4) is 17.2 Å². The summed E-state index contributed by atoms with van der Waals surface area (Å²) in [4.78, 5) is 0. The highest BCUT2D eigenvalue weighted by Crippen LogP contribution is 2.54. The van der Waals surface area contributed by atoms with Crippen LogP contribution < -0.4 is 20.1 Å². The van der Waals surface area contributed by atoms with E-state index in [0.29, 0.717) is 17.9 Å². The molecule has 3 aromatic carbocycles. The maximum atomic E-state index is 10.4. The summed E-state index contributed by atoms with van der Waals surface area (Å²) in [5.74, 6) is 0.619. The average Bonchev–Trinajstić information content (AvgIpc) is 2.80. The molecule has 0 bridgehead atoms. The van der Waals surface area contributed by atoms with Gasteiger partial charge in [0.2, 0.25) is 5.75 Å². The molecule has 0 radical (unpaired) electrons. The van der Waals surface area contributed by atoms with Crippen molar-refractivity contribution in [2.24, 2.45) is 0 Å². The number of hydrogen-bond acceptors (Lipinski definition) is 5. The van der Waals surface area contributed by atoms with E-state index in [1.807, 2.05) is 48.5 Å². The largest absolute Gasteiger partial charge is 0.502 e. The standard InChI is InChI=1S/C24H27O5P/c1-27-20-14-17(15-21(28-2)24(20)26)22(16-23(25)29-3)30(18-10-6-4-7-11-18)19-12-8-5-9-13-19/h4-15,22-23,25-26H,16H2,1-3H3. The number of ether oxygens (including phenoxy) is 3. The van der Waals surface area contributed by atoms with E-state index >= 15 is 0 Å². The molecule has 0 saturated heterocycles. The third-order valence-electron chi connectivity index (χ3n) is 4.96. The summed E-state index contributed by atoms with van der Waals surface area (Å²) in [6.45, 7) is 0. The summed E-state index contributed by atoms with van der Waals surface area (Å²) in [6.07, 6.45) is -0.554. The number of phenols is 1. The van der Waals surface area contributed by atoms with Crippen molar-refractivity contribution in [1.82, 2.24) is 0 Å². The Kier molecular flexibility index (Phi) is 7.69. The Balaban J connectivity index is 2.20. The van der Waals surface area contributed by atoms with Gasteiger partial charge in [-0.3, -0.25) is 0 Å². The maximum absolute atomic E-state index is 10.4. The van der Waals surface area contributed by atoms with Gasteiger partial charge in [-0.1, -0.05) is 60.7 Å². The molecule has 0 spiro atoms. The monoisotopic (exact) mass is 426 g/mol. The third-order valence-corrected chi connectivity index (χ3v) is 7.81. The number of benzene rings is 3. The average molecular weight is 426 g/mol. The van der Waals surface area contributed by atoms with Crippen LogP contribution in [0.3, 0.4) is 0 Å². The lowest BCUT2D eigenvalue weighted by Gasteiger charge is -2.31. The molecular weight excluding hydrogens is 399 g/mol. The SMILES string of the molecule is COc1cc(C(CC(O)OC)P(c2ccccc2)c2ccccc2)cc(OC)c1O. The van der Waals surface area contributed by atoms with Gasteiger partial charge in [-0.05, 0) is 36.2 Å². The molecule has 0 heterocycles. The normalized spacial score (nSPS) is 13.1. The second-order valence-electron chi connectivity index (χ2n) is 6.76. The number of phenolic OH excluding ortho intramolecular Hbond substituents is 1. The second-order valence-corrected chi connectivity index (χ2v) is 9.15. The first-order chi connectivity index (χ1) is 14.6. The zero-order valence-electron chi connectivity index (χ0n) is 17.4. The zero-order chi connectivity index (χ0) is 21.5. The lowest BCUT2D eigenvalue weighted by atomic mass is 10.1. The molecule has 0 amide bonds. The minimum absolute atomic E-state index is 0.0430. The van der Waals surface area contributed by atoms with E-state index in [0.717, 1.165) is 5.56 Å². The quantitative estimate of drug-likeness (QED) is 0.401. The Morgan fingerprint density at radius 2 is 1.27 bits per heavy atom. The zero-order valence-corrected chi connectivity index (χ0v) is 18.3. The molecule has 2 N–H and O–H groups in total. The number of aromatic hydroxyl groups is 1. The minimum atomic E-state index is -0.932. The van der Waals surface area contributed by atoms with E-state index in [-0.39, 0.29) is 11.4 Å². The van der Waals surface area contributed by atoms with E-state index < -0.39 is 14.2 Å². The fourth-order valence-corrected chi connectivity index (χ4v) is 6.31. The summed E-state index contributed by atoms with van der Waals surface area (Å²) >= 11 is 0. The van der Waals surface area contributed by atoms with Crippen LogP contribution in [0.15, 0.2) is 72.8 Å². The van der Waals surface area contributed by atoms with Crippen molar-refractivity contribution in [3.63, 3.8) is 0 Å². The summed E-state index contributed by atoms with van der Waals surface area (Å²) in [7, 11) is 3.60. The van der Waals surface area contributed by atoms with Crippen molar-refractivity contribution in [2.75, 3.05) is 21.3 Å². The smallest absolute Gasteiger partial charge is 0.200 e. The lowest BCUT2D eigenvalue weighted by molar-refractivity contribution is -0.0783. The Morgan fingerprint density at radius 1 is 0.800 bits per heavy atom. The third kappa shape index (κ3) is 4.93. The first-order valence-corrected chi connectivity index (χ1v) is 11.0. The van der Waals surface area contributed by atoms with E-state index in [1.165, 1.54) is 31.9 Å². The van der Waals surface area contributed by atoms with Gasteiger partial charge in [0.1, 0.15) is 0 Å². The van der Waals surface area contributed by atoms with Crippen molar-refractivity contribution >= 4 is 18.5 Å². The van der Waals surface area contributed by atoms with Crippen molar-refractivity contribution in [1.29, 1.82) is 0 Å². The van der Waals surface area contributed by atoms with Crippen molar-refractivity contribution in [2.45, 2.75) is 18.4 Å². The van der Waals surface area contributed by atoms with Gasteiger partial charge in [-0.15, -0.1) is 0 Å². The Bertz CT molecular complexity index is 868. The molecule has 0 aliphatic carbocycles. The van der Waals surface area contributed by atoms with Gasteiger partial charge in [0.05, 0.1) is 14.2 Å². The first-order valence-electron chi connectivity index (χ1n) is 9.64. The van der Waals surface area contributed by atoms with Gasteiger partial charge in [0.15, 0.2) is 17.8 Å². The molecule has 0 saturated carbocycles. The highest BCUT2D eigenvalue weighted by Gasteiger charge is 2.30. The second kappa shape index (κ2) is 10.4. The molecule has 2 unspecified atom stereocenters. The summed E-state index contributed by atoms with van der Waals surface area (Å²) in [5, 5.41) is 23.2. The lowest BCUT2D eigenvalue weighted by Crippen LogP contribution is -2.21. The summed E-state index contributed by atoms with van der Waals surface area (Å²) < 4.78 is 16.0. The fraction of sp³-hybridized carbons (Fsp3) is 0.250. The van der Waals surface area contributed by atoms with E-state index in [4.69, 9.17) is 14.2 Å². The van der Waals surface area contributed by atoms with Gasteiger partial charge in [0.25, 0.3) is 0 Å². The maximum Gasteiger partial charge on any atom is 0.200 e. The van der Waals surface area contributed by atoms with Crippen LogP contribution in [0.5, 0.6) is 17.2 Å². The van der Waals surface area contributed by atoms with E-state index in [2.05, 4.69) is 24.3 Å². The minimum Gasteiger partial charge on any atom is -0.502 e. The first kappa shape index (κ1) is 22.1. The van der Waals surface area contributed by atoms with Crippen LogP contribution in [0.4, 0.5) is 0 Å².